The lowest BCUT2D eigenvalue weighted by atomic mass is 9.83. The predicted molar refractivity (Wildman–Crippen MR) is 75.6 cm³/mol. The second kappa shape index (κ2) is 4.63. The molecule has 0 spiro atoms. The molecule has 6 heteroatoms. The van der Waals surface area contributed by atoms with Gasteiger partial charge in [-0.05, 0) is 18.1 Å². The lowest BCUT2D eigenvalue weighted by Gasteiger charge is -2.26. The summed E-state index contributed by atoms with van der Waals surface area (Å²) in [6, 6.07) is 5.31. The lowest BCUT2D eigenvalue weighted by Crippen LogP contribution is -2.35. The molecule has 0 aromatic heterocycles. The van der Waals surface area contributed by atoms with Crippen LogP contribution < -0.4 is 10.7 Å². The quantitative estimate of drug-likeness (QED) is 0.861. The number of hydrazone groups is 1. The number of benzene rings is 1. The monoisotopic (exact) mass is 271 g/mol. The van der Waals surface area contributed by atoms with E-state index >= 15 is 0 Å². The second-order valence-corrected chi connectivity index (χ2v) is 5.31. The molecule has 1 atom stereocenters. The first-order chi connectivity index (χ1) is 9.54. The van der Waals surface area contributed by atoms with Crippen molar-refractivity contribution in [2.75, 3.05) is 0 Å². The van der Waals surface area contributed by atoms with Gasteiger partial charge in [0, 0.05) is 17.9 Å². The smallest absolute Gasteiger partial charge is 0.315 e. The highest BCUT2D eigenvalue weighted by molar-refractivity contribution is 6.07. The summed E-state index contributed by atoms with van der Waals surface area (Å²) < 4.78 is 0. The van der Waals surface area contributed by atoms with E-state index < -0.39 is 0 Å². The van der Waals surface area contributed by atoms with Gasteiger partial charge in [0.25, 0.3) is 0 Å². The molecular formula is C14H15N4O2. The third kappa shape index (κ3) is 2.13. The lowest BCUT2D eigenvalue weighted by molar-refractivity contribution is -0.122. The van der Waals surface area contributed by atoms with Crippen LogP contribution in [0.15, 0.2) is 28.3 Å². The Morgan fingerprint density at radius 3 is 2.90 bits per heavy atom. The molecule has 2 aliphatic heterocycles. The van der Waals surface area contributed by atoms with Crippen LogP contribution in [-0.4, -0.2) is 22.7 Å². The summed E-state index contributed by atoms with van der Waals surface area (Å²) in [5.41, 5.74) is 5.56. The van der Waals surface area contributed by atoms with Gasteiger partial charge < -0.3 is 5.11 Å². The number of aliphatic hydroxyl groups excluding tert-OH is 1. The molecule has 1 aromatic rings. The standard InChI is InChI=1S/C14H15N4O2/c1-7(2)9-6-12(19)17-18-13(9)8-3-4-10-11(5-8)16-14(20)15-10/h3-5,7,9H,6H2,1-2H3,(H,16,20)(H,17,19). The third-order valence-corrected chi connectivity index (χ3v) is 3.57. The van der Waals surface area contributed by atoms with Gasteiger partial charge in [-0.1, -0.05) is 19.9 Å². The van der Waals surface area contributed by atoms with E-state index in [4.69, 9.17) is 0 Å². The van der Waals surface area contributed by atoms with Gasteiger partial charge in [0.1, 0.15) is 0 Å². The number of fused-ring (bicyclic) bond motifs is 1. The molecule has 0 bridgehead atoms. The van der Waals surface area contributed by atoms with Crippen molar-refractivity contribution in [2.24, 2.45) is 21.9 Å². The van der Waals surface area contributed by atoms with Crippen LogP contribution in [0.2, 0.25) is 0 Å². The third-order valence-electron chi connectivity index (χ3n) is 3.57. The van der Waals surface area contributed by atoms with E-state index in [-0.39, 0.29) is 17.8 Å². The zero-order valence-corrected chi connectivity index (χ0v) is 11.3. The number of aliphatic imine (C=N–C) groups is 1. The minimum Gasteiger partial charge on any atom is -0.479 e. The number of amidine groups is 1. The van der Waals surface area contributed by atoms with E-state index in [9.17, 15) is 9.90 Å². The first kappa shape index (κ1) is 12.7. The van der Waals surface area contributed by atoms with Gasteiger partial charge >= 0.3 is 6.02 Å². The fourth-order valence-electron chi connectivity index (χ4n) is 2.48. The van der Waals surface area contributed by atoms with E-state index in [0.29, 0.717) is 23.7 Å². The van der Waals surface area contributed by atoms with Crippen LogP contribution in [0.4, 0.5) is 11.4 Å². The van der Waals surface area contributed by atoms with E-state index in [0.717, 1.165) is 11.3 Å². The van der Waals surface area contributed by atoms with Crippen LogP contribution in [0, 0.1) is 11.8 Å². The molecule has 0 aliphatic carbocycles. The van der Waals surface area contributed by atoms with Gasteiger partial charge in [-0.25, -0.2) is 5.43 Å². The van der Waals surface area contributed by atoms with Crippen LogP contribution in [0.5, 0.6) is 0 Å². The molecule has 2 aliphatic rings. The van der Waals surface area contributed by atoms with E-state index in [1.807, 2.05) is 12.1 Å². The van der Waals surface area contributed by atoms with E-state index in [1.165, 1.54) is 0 Å². The van der Waals surface area contributed by atoms with Gasteiger partial charge in [0.2, 0.25) is 5.91 Å². The minimum atomic E-state index is -0.226. The minimum absolute atomic E-state index is 0.0562. The largest absolute Gasteiger partial charge is 0.479 e. The van der Waals surface area contributed by atoms with Crippen LogP contribution in [-0.2, 0) is 4.79 Å². The number of nitrogens with one attached hydrogen (secondary N) is 1. The van der Waals surface area contributed by atoms with Crippen LogP contribution in [0.25, 0.3) is 0 Å². The molecule has 20 heavy (non-hydrogen) atoms. The molecule has 1 radical (unpaired) electrons. The molecular weight excluding hydrogens is 256 g/mol. The molecule has 2 N–H and O–H groups in total. The Morgan fingerprint density at radius 1 is 1.35 bits per heavy atom. The maximum absolute atomic E-state index is 11.5. The van der Waals surface area contributed by atoms with Gasteiger partial charge in [-0.3, -0.25) is 4.79 Å². The summed E-state index contributed by atoms with van der Waals surface area (Å²) in [5.74, 6) is 0.339. The molecule has 0 saturated carbocycles. The number of aliphatic hydroxyl groups is 1. The summed E-state index contributed by atoms with van der Waals surface area (Å²) >= 11 is 0. The van der Waals surface area contributed by atoms with Gasteiger partial charge in [0.05, 0.1) is 17.1 Å². The number of hydrogen-bond acceptors (Lipinski definition) is 3. The molecule has 1 unspecified atom stereocenters. The SMILES string of the molecule is CC(C)C1CC(=O)NN=C1c1ccc2c(c1)N=C(O)[N]2. The highest BCUT2D eigenvalue weighted by atomic mass is 16.3. The highest BCUT2D eigenvalue weighted by Crippen LogP contribution is 2.33. The Balaban J connectivity index is 1.99. The Labute approximate surface area is 116 Å². The summed E-state index contributed by atoms with van der Waals surface area (Å²) in [7, 11) is 0. The maximum atomic E-state index is 11.5. The molecule has 3 rings (SSSR count). The van der Waals surface area contributed by atoms with Crippen LogP contribution >= 0.6 is 0 Å². The molecule has 1 aromatic carbocycles. The fraction of sp³-hybridized carbons (Fsp3) is 0.357. The Kier molecular flexibility index (Phi) is 2.93. The van der Waals surface area contributed by atoms with Crippen molar-refractivity contribution in [3.05, 3.63) is 23.8 Å². The topological polar surface area (TPSA) is 88.2 Å². The van der Waals surface area contributed by atoms with Crippen molar-refractivity contribution in [3.8, 4) is 0 Å². The number of nitrogens with zero attached hydrogens (tertiary/aromatic N) is 3. The van der Waals surface area contributed by atoms with Crippen molar-refractivity contribution >= 4 is 29.0 Å². The Morgan fingerprint density at radius 2 is 2.15 bits per heavy atom. The summed E-state index contributed by atoms with van der Waals surface area (Å²) in [6.07, 6.45) is 0.437. The average molecular weight is 271 g/mol. The zero-order valence-electron chi connectivity index (χ0n) is 11.3. The van der Waals surface area contributed by atoms with Crippen molar-refractivity contribution in [3.63, 3.8) is 0 Å². The van der Waals surface area contributed by atoms with Crippen LogP contribution in [0.3, 0.4) is 0 Å². The molecule has 103 valence electrons. The summed E-state index contributed by atoms with van der Waals surface area (Å²) in [4.78, 5) is 15.5. The molecule has 0 fully saturated rings. The van der Waals surface area contributed by atoms with E-state index in [1.54, 1.807) is 6.07 Å². The number of carbonyl (C=O) groups excluding carboxylic acids is 1. The van der Waals surface area contributed by atoms with Crippen molar-refractivity contribution in [1.29, 1.82) is 0 Å². The normalized spacial score (nSPS) is 20.9. The van der Waals surface area contributed by atoms with Gasteiger partial charge in [-0.2, -0.15) is 15.4 Å². The fourth-order valence-corrected chi connectivity index (χ4v) is 2.48. The molecule has 1 amide bonds. The Bertz CT molecular complexity index is 634. The van der Waals surface area contributed by atoms with Crippen molar-refractivity contribution < 1.29 is 9.90 Å². The maximum Gasteiger partial charge on any atom is 0.315 e. The van der Waals surface area contributed by atoms with Crippen molar-refractivity contribution in [2.45, 2.75) is 20.3 Å². The number of carbonyl (C=O) groups is 1. The number of amides is 1. The number of rotatable bonds is 2. The van der Waals surface area contributed by atoms with Crippen molar-refractivity contribution in [1.82, 2.24) is 10.7 Å². The average Bonchev–Trinajstić information content (AvgIpc) is 2.77. The molecule has 2 heterocycles. The Hall–Kier alpha value is -2.37. The van der Waals surface area contributed by atoms with Gasteiger partial charge in [0.15, 0.2) is 0 Å². The summed E-state index contributed by atoms with van der Waals surface area (Å²) in [6.45, 7) is 4.15. The second-order valence-electron chi connectivity index (χ2n) is 5.31. The predicted octanol–water partition coefficient (Wildman–Crippen LogP) is 1.98. The molecule has 6 nitrogen and oxygen atoms in total. The number of hydrogen-bond donors (Lipinski definition) is 2. The van der Waals surface area contributed by atoms with E-state index in [2.05, 4.69) is 34.7 Å². The first-order valence-electron chi connectivity index (χ1n) is 6.55. The first-order valence-corrected chi connectivity index (χ1v) is 6.55. The van der Waals surface area contributed by atoms with Crippen LogP contribution in [0.1, 0.15) is 25.8 Å². The zero-order chi connectivity index (χ0) is 14.3. The van der Waals surface area contributed by atoms with Gasteiger partial charge in [-0.15, -0.1) is 0 Å². The summed E-state index contributed by atoms with van der Waals surface area (Å²) in [5, 5.41) is 17.4. The highest BCUT2D eigenvalue weighted by Gasteiger charge is 2.29. The molecule has 0 saturated heterocycles.